The van der Waals surface area contributed by atoms with E-state index < -0.39 is 6.04 Å². The second-order valence-electron chi connectivity index (χ2n) is 6.89. The highest BCUT2D eigenvalue weighted by atomic mass is 16.3. The summed E-state index contributed by atoms with van der Waals surface area (Å²) < 4.78 is 1.44. The van der Waals surface area contributed by atoms with Crippen molar-refractivity contribution in [3.63, 3.8) is 0 Å². The zero-order valence-corrected chi connectivity index (χ0v) is 15.9. The van der Waals surface area contributed by atoms with Gasteiger partial charge in [-0.1, -0.05) is 30.3 Å². The summed E-state index contributed by atoms with van der Waals surface area (Å²) in [6.45, 7) is -0.218. The van der Waals surface area contributed by atoms with Gasteiger partial charge in [-0.25, -0.2) is 19.4 Å². The molecule has 0 saturated heterocycles. The normalized spacial score (nSPS) is 12.3. The summed E-state index contributed by atoms with van der Waals surface area (Å²) in [5.41, 5.74) is 4.60. The number of amides is 1. The van der Waals surface area contributed by atoms with Crippen LogP contribution in [-0.4, -0.2) is 42.5 Å². The number of aliphatic hydroxyl groups is 1. The number of hydrogen-bond acceptors (Lipinski definition) is 5. The monoisotopic (exact) mass is 398 g/mol. The van der Waals surface area contributed by atoms with Crippen LogP contribution in [0.2, 0.25) is 0 Å². The maximum absolute atomic E-state index is 13.2. The average molecular weight is 398 g/mol. The van der Waals surface area contributed by atoms with Crippen LogP contribution >= 0.6 is 0 Å². The molecule has 5 aromatic rings. The zero-order valence-electron chi connectivity index (χ0n) is 15.9. The molecule has 0 aliphatic heterocycles. The topological polar surface area (TPSA) is 109 Å². The van der Waals surface area contributed by atoms with Crippen molar-refractivity contribution in [1.82, 2.24) is 30.0 Å². The molecule has 8 nitrogen and oxygen atoms in total. The fourth-order valence-electron chi connectivity index (χ4n) is 3.58. The third kappa shape index (κ3) is 3.09. The van der Waals surface area contributed by atoms with Crippen molar-refractivity contribution in [2.24, 2.45) is 0 Å². The molecule has 0 aliphatic rings. The van der Waals surface area contributed by atoms with Crippen molar-refractivity contribution in [3.05, 3.63) is 78.9 Å². The minimum absolute atomic E-state index is 0.218. The van der Waals surface area contributed by atoms with Crippen molar-refractivity contribution in [2.75, 3.05) is 6.61 Å². The summed E-state index contributed by atoms with van der Waals surface area (Å²) in [7, 11) is 0. The van der Waals surface area contributed by atoms with E-state index in [0.29, 0.717) is 11.0 Å². The Morgan fingerprint density at radius 2 is 1.80 bits per heavy atom. The van der Waals surface area contributed by atoms with E-state index in [-0.39, 0.29) is 12.6 Å². The molecule has 0 fully saturated rings. The third-order valence-corrected chi connectivity index (χ3v) is 5.07. The van der Waals surface area contributed by atoms with Crippen molar-refractivity contribution < 1.29 is 9.90 Å². The lowest BCUT2D eigenvalue weighted by Crippen LogP contribution is -2.34. The van der Waals surface area contributed by atoms with Crippen molar-refractivity contribution in [2.45, 2.75) is 6.04 Å². The number of aromatic nitrogens is 5. The molecular formula is C22H18N6O2. The van der Waals surface area contributed by atoms with E-state index >= 15 is 0 Å². The molecule has 8 heteroatoms. The van der Waals surface area contributed by atoms with E-state index in [2.05, 4.69) is 25.4 Å². The van der Waals surface area contributed by atoms with Gasteiger partial charge in [0.25, 0.3) is 0 Å². The van der Waals surface area contributed by atoms with Gasteiger partial charge in [0.05, 0.1) is 34.9 Å². The van der Waals surface area contributed by atoms with E-state index in [1.165, 1.54) is 11.0 Å². The number of carbonyl (C=O) groups excluding carboxylic acids is 1. The van der Waals surface area contributed by atoms with Crippen LogP contribution in [0.15, 0.2) is 73.3 Å². The van der Waals surface area contributed by atoms with E-state index in [9.17, 15) is 9.90 Å². The third-order valence-electron chi connectivity index (χ3n) is 5.07. The number of nitrogens with one attached hydrogen (secondary N) is 2. The summed E-state index contributed by atoms with van der Waals surface area (Å²) >= 11 is 0. The standard InChI is InChI=1S/C22H18N6O2/c29-12-19(14-4-2-1-3-5-14)26-22(30)28-20-11-18-17(24-13-25-18)10-16(20)21(27-28)15-6-8-23-9-7-15/h1-11,13,19,27,29H,12H2,(H,26,30)/t19-/m1/s1. The van der Waals surface area contributed by atoms with Gasteiger partial charge in [0.15, 0.2) is 0 Å². The molecule has 3 N–H and O–H groups in total. The van der Waals surface area contributed by atoms with E-state index in [1.807, 2.05) is 54.6 Å². The Bertz CT molecular complexity index is 1330. The molecule has 1 atom stereocenters. The van der Waals surface area contributed by atoms with Gasteiger partial charge in [0.1, 0.15) is 6.33 Å². The predicted octanol–water partition coefficient (Wildman–Crippen LogP) is 3.27. The number of aliphatic hydroxyl groups excluding tert-OH is 1. The minimum atomic E-state index is -0.531. The van der Waals surface area contributed by atoms with Gasteiger partial charge in [0, 0.05) is 23.3 Å². The van der Waals surface area contributed by atoms with Crippen LogP contribution in [0.3, 0.4) is 0 Å². The SMILES string of the molecule is O=C(N[C@H](CO)c1ccccc1)n1[nH]c(-c2ccncc2)c2cc3ncnc3cc21. The van der Waals surface area contributed by atoms with Gasteiger partial charge in [-0.2, -0.15) is 0 Å². The molecule has 0 spiro atoms. The first-order chi connectivity index (χ1) is 14.7. The first-order valence-electron chi connectivity index (χ1n) is 9.47. The smallest absolute Gasteiger partial charge is 0.341 e. The lowest BCUT2D eigenvalue weighted by molar-refractivity contribution is 0.216. The minimum Gasteiger partial charge on any atom is -0.394 e. The lowest BCUT2D eigenvalue weighted by Gasteiger charge is -2.17. The highest BCUT2D eigenvalue weighted by Gasteiger charge is 2.20. The molecule has 148 valence electrons. The number of aromatic amines is 1. The molecule has 1 amide bonds. The van der Waals surface area contributed by atoms with E-state index in [4.69, 9.17) is 0 Å². The molecule has 0 saturated carbocycles. The summed E-state index contributed by atoms with van der Waals surface area (Å²) in [5, 5.41) is 16.7. The lowest BCUT2D eigenvalue weighted by atomic mass is 10.1. The van der Waals surface area contributed by atoms with Crippen LogP contribution in [0, 0.1) is 0 Å². The first-order valence-corrected chi connectivity index (χ1v) is 9.47. The molecule has 0 aliphatic carbocycles. The number of nitrogens with zero attached hydrogens (tertiary/aromatic N) is 4. The van der Waals surface area contributed by atoms with Crippen LogP contribution in [0.25, 0.3) is 33.2 Å². The molecule has 0 unspecified atom stereocenters. The Kier molecular flexibility index (Phi) is 4.45. The van der Waals surface area contributed by atoms with Gasteiger partial charge in [-0.15, -0.1) is 0 Å². The number of H-pyrrole nitrogens is 1. The van der Waals surface area contributed by atoms with Gasteiger partial charge in [-0.05, 0) is 29.8 Å². The Balaban J connectivity index is 1.62. The van der Waals surface area contributed by atoms with Crippen LogP contribution in [0.5, 0.6) is 0 Å². The molecular weight excluding hydrogens is 380 g/mol. The van der Waals surface area contributed by atoms with E-state index in [0.717, 1.165) is 27.7 Å². The Hall–Kier alpha value is -4.04. The number of hydrogen-bond donors (Lipinski definition) is 3. The van der Waals surface area contributed by atoms with Crippen molar-refractivity contribution in [1.29, 1.82) is 0 Å². The summed E-state index contributed by atoms with van der Waals surface area (Å²) in [4.78, 5) is 25.8. The molecule has 0 radical (unpaired) electrons. The Labute approximate surface area is 171 Å². The van der Waals surface area contributed by atoms with Crippen LogP contribution in [0.1, 0.15) is 11.6 Å². The van der Waals surface area contributed by atoms with E-state index in [1.54, 1.807) is 12.4 Å². The quantitative estimate of drug-likeness (QED) is 0.431. The average Bonchev–Trinajstić information content (AvgIpc) is 3.41. The number of rotatable bonds is 4. The summed E-state index contributed by atoms with van der Waals surface area (Å²) in [5.74, 6) is 0. The second kappa shape index (κ2) is 7.41. The summed E-state index contributed by atoms with van der Waals surface area (Å²) in [6, 6.07) is 15.9. The zero-order chi connectivity index (χ0) is 20.5. The number of fused-ring (bicyclic) bond motifs is 2. The molecule has 5 rings (SSSR count). The largest absolute Gasteiger partial charge is 0.394 e. The molecule has 0 bridgehead atoms. The van der Waals surface area contributed by atoms with Gasteiger partial charge >= 0.3 is 6.03 Å². The Morgan fingerprint density at radius 1 is 1.07 bits per heavy atom. The number of carbonyl (C=O) groups is 1. The van der Waals surface area contributed by atoms with Crippen LogP contribution in [-0.2, 0) is 0 Å². The first kappa shape index (κ1) is 18.0. The number of benzene rings is 2. The molecule has 3 aromatic heterocycles. The number of pyridine rings is 1. The van der Waals surface area contributed by atoms with Crippen LogP contribution < -0.4 is 5.32 Å². The number of imidazole rings is 1. The summed E-state index contributed by atoms with van der Waals surface area (Å²) in [6.07, 6.45) is 4.90. The maximum atomic E-state index is 13.2. The Morgan fingerprint density at radius 3 is 2.53 bits per heavy atom. The van der Waals surface area contributed by atoms with Gasteiger partial charge in [0.2, 0.25) is 0 Å². The fourth-order valence-corrected chi connectivity index (χ4v) is 3.58. The van der Waals surface area contributed by atoms with Crippen molar-refractivity contribution >= 4 is 28.0 Å². The van der Waals surface area contributed by atoms with Gasteiger partial charge < -0.3 is 10.4 Å². The van der Waals surface area contributed by atoms with Crippen molar-refractivity contribution in [3.8, 4) is 11.3 Å². The molecule has 3 heterocycles. The molecule has 30 heavy (non-hydrogen) atoms. The molecule has 2 aromatic carbocycles. The fraction of sp³-hybridized carbons (Fsp3) is 0.0909. The van der Waals surface area contributed by atoms with Gasteiger partial charge in [-0.3, -0.25) is 10.1 Å². The second-order valence-corrected chi connectivity index (χ2v) is 6.89. The highest BCUT2D eigenvalue weighted by Crippen LogP contribution is 2.30. The predicted molar refractivity (Wildman–Crippen MR) is 113 cm³/mol. The van der Waals surface area contributed by atoms with Crippen LogP contribution in [0.4, 0.5) is 4.79 Å². The maximum Gasteiger partial charge on any atom is 0.341 e. The highest BCUT2D eigenvalue weighted by molar-refractivity contribution is 6.04.